The van der Waals surface area contributed by atoms with E-state index in [0.29, 0.717) is 12.5 Å². The smallest absolute Gasteiger partial charge is 0.317 e. The van der Waals surface area contributed by atoms with Gasteiger partial charge in [-0.05, 0) is 25.2 Å². The third-order valence-electron chi connectivity index (χ3n) is 3.26. The van der Waals surface area contributed by atoms with Crippen molar-refractivity contribution >= 4 is 6.03 Å². The molecule has 1 unspecified atom stereocenters. The molecule has 1 heterocycles. The van der Waals surface area contributed by atoms with E-state index in [-0.39, 0.29) is 12.1 Å². The van der Waals surface area contributed by atoms with E-state index >= 15 is 0 Å². The molecule has 0 saturated carbocycles. The van der Waals surface area contributed by atoms with Crippen LogP contribution in [-0.2, 0) is 0 Å². The first-order valence-corrected chi connectivity index (χ1v) is 6.89. The summed E-state index contributed by atoms with van der Waals surface area (Å²) in [7, 11) is 0. The molecule has 3 N–H and O–H groups in total. The molecule has 1 aliphatic heterocycles. The Hall–Kier alpha value is -0.770. The molecular formula is C13H27N3O. The fourth-order valence-electron chi connectivity index (χ4n) is 2.32. The molecule has 0 spiro atoms. The summed E-state index contributed by atoms with van der Waals surface area (Å²) in [6.07, 6.45) is 5.71. The van der Waals surface area contributed by atoms with Gasteiger partial charge in [0.15, 0.2) is 0 Å². The second kappa shape index (κ2) is 7.54. The summed E-state index contributed by atoms with van der Waals surface area (Å²) in [4.78, 5) is 14.0. The quantitative estimate of drug-likeness (QED) is 0.790. The number of likely N-dealkylation sites (tertiary alicyclic amines) is 1. The van der Waals surface area contributed by atoms with E-state index in [1.165, 1.54) is 12.8 Å². The Morgan fingerprint density at radius 1 is 1.24 bits per heavy atom. The van der Waals surface area contributed by atoms with E-state index in [1.54, 1.807) is 0 Å². The van der Waals surface area contributed by atoms with Gasteiger partial charge in [-0.25, -0.2) is 4.79 Å². The molecule has 1 aliphatic rings. The molecule has 2 amide bonds. The Labute approximate surface area is 105 Å². The molecule has 4 heteroatoms. The lowest BCUT2D eigenvalue weighted by Crippen LogP contribution is -2.48. The molecule has 0 radical (unpaired) electrons. The average molecular weight is 241 g/mol. The van der Waals surface area contributed by atoms with Crippen molar-refractivity contribution in [3.8, 4) is 0 Å². The minimum absolute atomic E-state index is 0.0722. The summed E-state index contributed by atoms with van der Waals surface area (Å²) >= 11 is 0. The molecule has 1 saturated heterocycles. The van der Waals surface area contributed by atoms with Crippen molar-refractivity contribution < 1.29 is 4.79 Å². The van der Waals surface area contributed by atoms with Gasteiger partial charge in [0, 0.05) is 25.7 Å². The summed E-state index contributed by atoms with van der Waals surface area (Å²) in [5.41, 5.74) is 5.70. The van der Waals surface area contributed by atoms with Gasteiger partial charge in [-0.15, -0.1) is 0 Å². The maximum Gasteiger partial charge on any atom is 0.317 e. The molecule has 100 valence electrons. The van der Waals surface area contributed by atoms with Crippen LogP contribution in [0.25, 0.3) is 0 Å². The Kier molecular flexibility index (Phi) is 6.34. The van der Waals surface area contributed by atoms with Gasteiger partial charge in [0.2, 0.25) is 0 Å². The monoisotopic (exact) mass is 241 g/mol. The largest absolute Gasteiger partial charge is 0.334 e. The van der Waals surface area contributed by atoms with Gasteiger partial charge in [0.25, 0.3) is 0 Å². The summed E-state index contributed by atoms with van der Waals surface area (Å²) in [5, 5.41) is 3.06. The highest BCUT2D eigenvalue weighted by Crippen LogP contribution is 2.10. The first-order chi connectivity index (χ1) is 8.13. The van der Waals surface area contributed by atoms with Crippen molar-refractivity contribution in [1.29, 1.82) is 0 Å². The number of hydrogen-bond donors (Lipinski definition) is 2. The summed E-state index contributed by atoms with van der Waals surface area (Å²) in [6.45, 7) is 6.62. The lowest BCUT2D eigenvalue weighted by Gasteiger charge is -2.25. The maximum absolute atomic E-state index is 12.1. The predicted octanol–water partition coefficient (Wildman–Crippen LogP) is 1.95. The van der Waals surface area contributed by atoms with E-state index in [4.69, 9.17) is 5.73 Å². The van der Waals surface area contributed by atoms with Crippen LogP contribution >= 0.6 is 0 Å². The molecule has 17 heavy (non-hydrogen) atoms. The topological polar surface area (TPSA) is 58.4 Å². The molecule has 1 rings (SSSR count). The number of nitrogens with two attached hydrogens (primary N) is 1. The SMILES string of the molecule is CC(C)CC(CN)NC(=O)N1CCCCCC1. The van der Waals surface area contributed by atoms with Crippen LogP contribution in [0.5, 0.6) is 0 Å². The molecular weight excluding hydrogens is 214 g/mol. The fourth-order valence-corrected chi connectivity index (χ4v) is 2.32. The first kappa shape index (κ1) is 14.3. The van der Waals surface area contributed by atoms with Crippen molar-refractivity contribution in [2.45, 2.75) is 52.0 Å². The van der Waals surface area contributed by atoms with E-state index in [1.807, 2.05) is 4.90 Å². The van der Waals surface area contributed by atoms with E-state index < -0.39 is 0 Å². The highest BCUT2D eigenvalue weighted by Gasteiger charge is 2.18. The van der Waals surface area contributed by atoms with Gasteiger partial charge < -0.3 is 16.0 Å². The normalized spacial score (nSPS) is 18.9. The second-order valence-corrected chi connectivity index (χ2v) is 5.41. The molecule has 1 fully saturated rings. The highest BCUT2D eigenvalue weighted by atomic mass is 16.2. The van der Waals surface area contributed by atoms with E-state index in [2.05, 4.69) is 19.2 Å². The van der Waals surface area contributed by atoms with Crippen LogP contribution in [0.4, 0.5) is 4.79 Å². The summed E-state index contributed by atoms with van der Waals surface area (Å²) < 4.78 is 0. The van der Waals surface area contributed by atoms with Crippen molar-refractivity contribution in [2.24, 2.45) is 11.7 Å². The number of carbonyl (C=O) groups is 1. The number of hydrogen-bond acceptors (Lipinski definition) is 2. The molecule has 0 aromatic heterocycles. The van der Waals surface area contributed by atoms with Crippen molar-refractivity contribution in [3.05, 3.63) is 0 Å². The zero-order valence-corrected chi connectivity index (χ0v) is 11.2. The zero-order valence-electron chi connectivity index (χ0n) is 11.2. The third kappa shape index (κ3) is 5.39. The van der Waals surface area contributed by atoms with Crippen LogP contribution in [0.15, 0.2) is 0 Å². The Morgan fingerprint density at radius 2 is 1.82 bits per heavy atom. The number of carbonyl (C=O) groups excluding carboxylic acids is 1. The summed E-state index contributed by atoms with van der Waals surface area (Å²) in [6, 6.07) is 0.189. The lowest BCUT2D eigenvalue weighted by molar-refractivity contribution is 0.194. The third-order valence-corrected chi connectivity index (χ3v) is 3.26. The van der Waals surface area contributed by atoms with Gasteiger partial charge in [0.05, 0.1) is 0 Å². The van der Waals surface area contributed by atoms with Gasteiger partial charge >= 0.3 is 6.03 Å². The number of rotatable bonds is 4. The highest BCUT2D eigenvalue weighted by molar-refractivity contribution is 5.74. The van der Waals surface area contributed by atoms with Crippen molar-refractivity contribution in [1.82, 2.24) is 10.2 Å². The summed E-state index contributed by atoms with van der Waals surface area (Å²) in [5.74, 6) is 0.563. The molecule has 0 aliphatic carbocycles. The minimum atomic E-state index is 0.0722. The van der Waals surface area contributed by atoms with Crippen LogP contribution in [0.3, 0.4) is 0 Å². The molecule has 0 bridgehead atoms. The van der Waals surface area contributed by atoms with Crippen molar-refractivity contribution in [2.75, 3.05) is 19.6 Å². The number of amides is 2. The second-order valence-electron chi connectivity index (χ2n) is 5.41. The standard InChI is InChI=1S/C13H27N3O/c1-11(2)9-12(10-14)15-13(17)16-7-5-3-4-6-8-16/h11-12H,3-10,14H2,1-2H3,(H,15,17). The van der Waals surface area contributed by atoms with Crippen LogP contribution in [-0.4, -0.2) is 36.6 Å². The van der Waals surface area contributed by atoms with Gasteiger partial charge in [-0.3, -0.25) is 0 Å². The Bertz CT molecular complexity index is 223. The maximum atomic E-state index is 12.1. The zero-order chi connectivity index (χ0) is 12.7. The Balaban J connectivity index is 2.39. The first-order valence-electron chi connectivity index (χ1n) is 6.89. The number of urea groups is 1. The van der Waals surface area contributed by atoms with Gasteiger partial charge in [0.1, 0.15) is 0 Å². The van der Waals surface area contributed by atoms with E-state index in [0.717, 1.165) is 32.4 Å². The van der Waals surface area contributed by atoms with E-state index in [9.17, 15) is 4.79 Å². The Morgan fingerprint density at radius 3 is 2.29 bits per heavy atom. The van der Waals surface area contributed by atoms with Gasteiger partial charge in [-0.1, -0.05) is 26.7 Å². The lowest BCUT2D eigenvalue weighted by atomic mass is 10.0. The average Bonchev–Trinajstić information content (AvgIpc) is 2.55. The van der Waals surface area contributed by atoms with Crippen LogP contribution in [0.1, 0.15) is 46.0 Å². The predicted molar refractivity (Wildman–Crippen MR) is 70.9 cm³/mol. The number of nitrogens with one attached hydrogen (secondary N) is 1. The molecule has 4 nitrogen and oxygen atoms in total. The molecule has 0 aromatic carbocycles. The molecule has 1 atom stereocenters. The van der Waals surface area contributed by atoms with Crippen LogP contribution in [0, 0.1) is 5.92 Å². The fraction of sp³-hybridized carbons (Fsp3) is 0.923. The molecule has 0 aromatic rings. The van der Waals surface area contributed by atoms with Crippen molar-refractivity contribution in [3.63, 3.8) is 0 Å². The number of nitrogens with zero attached hydrogens (tertiary/aromatic N) is 1. The van der Waals surface area contributed by atoms with Crippen LogP contribution < -0.4 is 11.1 Å². The minimum Gasteiger partial charge on any atom is -0.334 e. The van der Waals surface area contributed by atoms with Crippen LogP contribution in [0.2, 0.25) is 0 Å². The van der Waals surface area contributed by atoms with Gasteiger partial charge in [-0.2, -0.15) is 0 Å².